The second-order valence-electron chi connectivity index (χ2n) is 7.37. The van der Waals surface area contributed by atoms with Crippen molar-refractivity contribution in [3.63, 3.8) is 0 Å². The number of rotatable bonds is 7. The van der Waals surface area contributed by atoms with Crippen LogP contribution < -0.4 is 10.1 Å². The molecule has 3 aromatic rings. The number of hydrogen-bond donors (Lipinski definition) is 1. The number of ether oxygens (including phenoxy) is 2. The number of carbonyl (C=O) groups is 2. The molecule has 1 heterocycles. The van der Waals surface area contributed by atoms with Gasteiger partial charge >= 0.3 is 5.97 Å². The Morgan fingerprint density at radius 1 is 1.10 bits per heavy atom. The summed E-state index contributed by atoms with van der Waals surface area (Å²) in [7, 11) is 0. The third kappa shape index (κ3) is 4.45. The van der Waals surface area contributed by atoms with Crippen LogP contribution >= 0.6 is 0 Å². The topological polar surface area (TPSA) is 82.4 Å². The first-order chi connectivity index (χ1) is 15.1. The van der Waals surface area contributed by atoms with Gasteiger partial charge in [0, 0.05) is 16.9 Å². The predicted molar refractivity (Wildman–Crippen MR) is 117 cm³/mol. The van der Waals surface area contributed by atoms with Gasteiger partial charge in [0.05, 0.1) is 12.3 Å². The lowest BCUT2D eigenvalue weighted by molar-refractivity contribution is -0.123. The van der Waals surface area contributed by atoms with E-state index in [1.807, 2.05) is 41.9 Å². The molecule has 1 aliphatic rings. The summed E-state index contributed by atoms with van der Waals surface area (Å²) in [5.74, 6) is -0.262. The summed E-state index contributed by atoms with van der Waals surface area (Å²) in [6, 6.07) is 16.7. The Labute approximate surface area is 181 Å². The van der Waals surface area contributed by atoms with Crippen LogP contribution in [0.4, 0.5) is 5.69 Å². The number of esters is 1. The first-order valence-electron chi connectivity index (χ1n) is 10.5. The maximum Gasteiger partial charge on any atom is 0.359 e. The molecule has 1 aliphatic carbocycles. The van der Waals surface area contributed by atoms with Crippen molar-refractivity contribution in [2.24, 2.45) is 0 Å². The molecule has 0 aliphatic heterocycles. The van der Waals surface area contributed by atoms with Gasteiger partial charge in [-0.3, -0.25) is 4.79 Å². The summed E-state index contributed by atoms with van der Waals surface area (Å²) in [6.07, 6.45) is 1.64. The first kappa shape index (κ1) is 20.7. The van der Waals surface area contributed by atoms with Gasteiger partial charge in [0.2, 0.25) is 0 Å². The van der Waals surface area contributed by atoms with E-state index >= 15 is 0 Å². The highest BCUT2D eigenvalue weighted by atomic mass is 16.5. The second kappa shape index (κ2) is 9.04. The number of aromatic nitrogens is 2. The summed E-state index contributed by atoms with van der Waals surface area (Å²) in [4.78, 5) is 25.3. The highest BCUT2D eigenvalue weighted by Crippen LogP contribution is 2.28. The number of nitrogens with one attached hydrogen (secondary N) is 1. The van der Waals surface area contributed by atoms with Crippen LogP contribution in [0.2, 0.25) is 0 Å². The summed E-state index contributed by atoms with van der Waals surface area (Å²) in [6.45, 7) is 4.03. The van der Waals surface area contributed by atoms with E-state index in [1.165, 1.54) is 0 Å². The Hall–Kier alpha value is -3.61. The molecule has 7 nitrogen and oxygen atoms in total. The molecule has 0 saturated heterocycles. The largest absolute Gasteiger partial charge is 0.494 e. The van der Waals surface area contributed by atoms with Gasteiger partial charge in [0.25, 0.3) is 5.91 Å². The molecule has 0 radical (unpaired) electrons. The van der Waals surface area contributed by atoms with E-state index in [0.717, 1.165) is 42.0 Å². The standard InChI is InChI=1S/C24H25N3O4/c1-3-30-19-14-12-17(13-15-19)25-23(28)16(2)31-24(29)22-20-10-7-11-21(20)27(26-22)18-8-5-4-6-9-18/h4-6,8-9,12-16H,3,7,10-11H2,1-2H3,(H,25,28). The highest BCUT2D eigenvalue weighted by Gasteiger charge is 2.29. The first-order valence-corrected chi connectivity index (χ1v) is 10.5. The van der Waals surface area contributed by atoms with Gasteiger partial charge in [0.1, 0.15) is 5.75 Å². The highest BCUT2D eigenvalue weighted by molar-refractivity contribution is 5.97. The Morgan fingerprint density at radius 3 is 2.55 bits per heavy atom. The van der Waals surface area contributed by atoms with E-state index in [9.17, 15) is 9.59 Å². The molecule has 160 valence electrons. The van der Waals surface area contributed by atoms with Crippen molar-refractivity contribution in [2.75, 3.05) is 11.9 Å². The third-order valence-electron chi connectivity index (χ3n) is 5.21. The minimum atomic E-state index is -0.960. The van der Waals surface area contributed by atoms with Gasteiger partial charge in [-0.1, -0.05) is 18.2 Å². The van der Waals surface area contributed by atoms with E-state index < -0.39 is 18.0 Å². The molecule has 1 N–H and O–H groups in total. The Balaban J connectivity index is 1.45. The number of anilines is 1. The fraction of sp³-hybridized carbons (Fsp3) is 0.292. The molecule has 31 heavy (non-hydrogen) atoms. The lowest BCUT2D eigenvalue weighted by Gasteiger charge is -2.13. The Bertz CT molecular complexity index is 1070. The molecule has 1 amide bonds. The van der Waals surface area contributed by atoms with Crippen molar-refractivity contribution in [2.45, 2.75) is 39.2 Å². The number of amides is 1. The van der Waals surface area contributed by atoms with Crippen LogP contribution in [0.3, 0.4) is 0 Å². The summed E-state index contributed by atoms with van der Waals surface area (Å²) >= 11 is 0. The van der Waals surface area contributed by atoms with Crippen molar-refractivity contribution >= 4 is 17.6 Å². The van der Waals surface area contributed by atoms with Crippen LogP contribution in [0.1, 0.15) is 42.0 Å². The smallest absolute Gasteiger partial charge is 0.359 e. The lowest BCUT2D eigenvalue weighted by atomic mass is 10.2. The van der Waals surface area contributed by atoms with Crippen LogP contribution in [-0.2, 0) is 22.4 Å². The van der Waals surface area contributed by atoms with Gasteiger partial charge in [-0.25, -0.2) is 9.48 Å². The van der Waals surface area contributed by atoms with Crippen LogP contribution in [0.25, 0.3) is 5.69 Å². The average Bonchev–Trinajstić information content (AvgIpc) is 3.38. The van der Waals surface area contributed by atoms with Gasteiger partial charge in [0.15, 0.2) is 11.8 Å². The second-order valence-corrected chi connectivity index (χ2v) is 7.37. The van der Waals surface area contributed by atoms with E-state index in [4.69, 9.17) is 9.47 Å². The van der Waals surface area contributed by atoms with Crippen LogP contribution in [-0.4, -0.2) is 34.4 Å². The third-order valence-corrected chi connectivity index (χ3v) is 5.21. The molecule has 1 aromatic heterocycles. The monoisotopic (exact) mass is 419 g/mol. The van der Waals surface area contributed by atoms with E-state index in [2.05, 4.69) is 10.4 Å². The fourth-order valence-corrected chi connectivity index (χ4v) is 3.70. The van der Waals surface area contributed by atoms with E-state index in [1.54, 1.807) is 31.2 Å². The maximum atomic E-state index is 12.8. The van der Waals surface area contributed by atoms with Crippen LogP contribution in [0.5, 0.6) is 5.75 Å². The van der Waals surface area contributed by atoms with Crippen LogP contribution in [0.15, 0.2) is 54.6 Å². The summed E-state index contributed by atoms with van der Waals surface area (Å²) in [5, 5.41) is 7.28. The molecule has 1 unspecified atom stereocenters. The van der Waals surface area contributed by atoms with Crippen LogP contribution in [0, 0.1) is 0 Å². The van der Waals surface area contributed by atoms with E-state index in [0.29, 0.717) is 12.3 Å². The van der Waals surface area contributed by atoms with Crippen molar-refractivity contribution in [1.82, 2.24) is 9.78 Å². The van der Waals surface area contributed by atoms with Crippen molar-refractivity contribution < 1.29 is 19.1 Å². The molecular weight excluding hydrogens is 394 g/mol. The van der Waals surface area contributed by atoms with Crippen molar-refractivity contribution in [3.05, 3.63) is 71.5 Å². The zero-order valence-corrected chi connectivity index (χ0v) is 17.6. The number of carbonyl (C=O) groups excluding carboxylic acids is 2. The predicted octanol–water partition coefficient (Wildman–Crippen LogP) is 3.94. The number of para-hydroxylation sites is 1. The average molecular weight is 419 g/mol. The minimum absolute atomic E-state index is 0.289. The van der Waals surface area contributed by atoms with E-state index in [-0.39, 0.29) is 5.69 Å². The fourth-order valence-electron chi connectivity index (χ4n) is 3.70. The number of benzene rings is 2. The number of nitrogens with zero attached hydrogens (tertiary/aromatic N) is 2. The molecule has 0 spiro atoms. The maximum absolute atomic E-state index is 12.8. The lowest BCUT2D eigenvalue weighted by Crippen LogP contribution is -2.30. The Morgan fingerprint density at radius 2 is 1.84 bits per heavy atom. The zero-order valence-electron chi connectivity index (χ0n) is 17.6. The van der Waals surface area contributed by atoms with Gasteiger partial charge in [-0.2, -0.15) is 5.10 Å². The Kier molecular flexibility index (Phi) is 6.02. The SMILES string of the molecule is CCOc1ccc(NC(=O)C(C)OC(=O)c2nn(-c3ccccc3)c3c2CCC3)cc1. The van der Waals surface area contributed by atoms with Crippen molar-refractivity contribution in [3.8, 4) is 11.4 Å². The zero-order chi connectivity index (χ0) is 21.8. The van der Waals surface area contributed by atoms with Gasteiger partial charge in [-0.05, 0) is 69.5 Å². The molecule has 0 bridgehead atoms. The quantitative estimate of drug-likeness (QED) is 0.587. The van der Waals surface area contributed by atoms with Crippen molar-refractivity contribution in [1.29, 1.82) is 0 Å². The number of fused-ring (bicyclic) bond motifs is 1. The molecule has 4 rings (SSSR count). The molecular formula is C24H25N3O4. The molecule has 0 fully saturated rings. The molecule has 1 atom stereocenters. The van der Waals surface area contributed by atoms with Gasteiger partial charge in [-0.15, -0.1) is 0 Å². The normalized spacial score (nSPS) is 13.4. The molecule has 2 aromatic carbocycles. The van der Waals surface area contributed by atoms with Gasteiger partial charge < -0.3 is 14.8 Å². The molecule has 0 saturated carbocycles. The summed E-state index contributed by atoms with van der Waals surface area (Å²) < 4.78 is 12.7. The molecule has 7 heteroatoms. The summed E-state index contributed by atoms with van der Waals surface area (Å²) in [5.41, 5.74) is 3.74. The number of hydrogen-bond acceptors (Lipinski definition) is 5. The minimum Gasteiger partial charge on any atom is -0.494 e.